The molecule has 10 nitrogen and oxygen atoms in total. The van der Waals surface area contributed by atoms with Crippen LogP contribution in [0.5, 0.6) is 5.75 Å². The molecule has 1 aromatic carbocycles. The van der Waals surface area contributed by atoms with Crippen molar-refractivity contribution < 1.29 is 29.0 Å². The number of nitrogens with two attached hydrogens (primary N) is 1. The fourth-order valence-corrected chi connectivity index (χ4v) is 3.80. The van der Waals surface area contributed by atoms with Crippen molar-refractivity contribution in [1.82, 2.24) is 15.5 Å². The number of carbonyl (C=O) groups is 4. The maximum absolute atomic E-state index is 14.1. The molecule has 3 unspecified atom stereocenters. The average Bonchev–Trinajstić information content (AvgIpc) is 2.73. The Morgan fingerprint density at radius 3 is 2.00 bits per heavy atom. The van der Waals surface area contributed by atoms with Gasteiger partial charge in [0.15, 0.2) is 0 Å². The zero-order valence-corrected chi connectivity index (χ0v) is 23.3. The van der Waals surface area contributed by atoms with Gasteiger partial charge in [-0.15, -0.1) is 0 Å². The molecule has 3 atom stereocenters. The first-order valence-corrected chi connectivity index (χ1v) is 12.7. The summed E-state index contributed by atoms with van der Waals surface area (Å²) in [4.78, 5) is 53.4. The molecule has 0 saturated heterocycles. The van der Waals surface area contributed by atoms with Gasteiger partial charge in [-0.1, -0.05) is 26.0 Å². The number of benzene rings is 1. The summed E-state index contributed by atoms with van der Waals surface area (Å²) in [6.45, 7) is 14.6. The minimum absolute atomic E-state index is 0.00991. The van der Waals surface area contributed by atoms with Crippen LogP contribution in [-0.2, 0) is 19.1 Å². The maximum atomic E-state index is 14.1. The molecule has 5 N–H and O–H groups in total. The summed E-state index contributed by atoms with van der Waals surface area (Å²) in [5, 5.41) is 15.1. The number of nitrogens with one attached hydrogen (secondary N) is 2. The smallest absolute Gasteiger partial charge is 0.408 e. The van der Waals surface area contributed by atoms with Gasteiger partial charge in [0.05, 0.1) is 6.42 Å². The van der Waals surface area contributed by atoms with E-state index in [-0.39, 0.29) is 11.8 Å². The van der Waals surface area contributed by atoms with Crippen LogP contribution < -0.4 is 16.4 Å². The molecular weight excluding hydrogens is 476 g/mol. The quantitative estimate of drug-likeness (QED) is 0.332. The number of carbonyl (C=O) groups excluding carboxylic acids is 4. The van der Waals surface area contributed by atoms with Crippen LogP contribution in [0.25, 0.3) is 0 Å². The van der Waals surface area contributed by atoms with Crippen LogP contribution in [-0.4, -0.2) is 57.5 Å². The van der Waals surface area contributed by atoms with Crippen LogP contribution >= 0.6 is 0 Å². The predicted octanol–water partition coefficient (Wildman–Crippen LogP) is 3.38. The Morgan fingerprint density at radius 2 is 1.54 bits per heavy atom. The van der Waals surface area contributed by atoms with E-state index in [2.05, 4.69) is 24.5 Å². The molecule has 0 aromatic heterocycles. The number of aromatic hydroxyl groups is 1. The van der Waals surface area contributed by atoms with E-state index in [1.807, 2.05) is 6.92 Å². The van der Waals surface area contributed by atoms with Crippen molar-refractivity contribution in [1.29, 1.82) is 0 Å². The van der Waals surface area contributed by atoms with Gasteiger partial charge in [-0.2, -0.15) is 0 Å². The van der Waals surface area contributed by atoms with Gasteiger partial charge in [0.25, 0.3) is 0 Å². The summed E-state index contributed by atoms with van der Waals surface area (Å²) in [5.74, 6) is -1.51. The number of hydrogen-bond acceptors (Lipinski definition) is 6. The second kappa shape index (κ2) is 13.9. The SMILES string of the molecule is CC(C)CCC(C)N(C(=O)C(CC(N)=O)NC(=O)OC(C)(C)C)C(C(=O)NC(C)C)c1ccc(O)cc1. The van der Waals surface area contributed by atoms with E-state index in [4.69, 9.17) is 10.5 Å². The highest BCUT2D eigenvalue weighted by Crippen LogP contribution is 2.29. The molecule has 0 fully saturated rings. The van der Waals surface area contributed by atoms with E-state index in [1.165, 1.54) is 17.0 Å². The molecule has 0 heterocycles. The molecule has 1 rings (SSSR count). The number of rotatable bonds is 12. The molecule has 0 aliphatic carbocycles. The van der Waals surface area contributed by atoms with E-state index in [9.17, 15) is 24.3 Å². The largest absolute Gasteiger partial charge is 0.508 e. The Hall–Kier alpha value is -3.30. The molecule has 37 heavy (non-hydrogen) atoms. The van der Waals surface area contributed by atoms with Gasteiger partial charge in [0.2, 0.25) is 17.7 Å². The van der Waals surface area contributed by atoms with E-state index < -0.39 is 54.0 Å². The Bertz CT molecular complexity index is 924. The second-order valence-corrected chi connectivity index (χ2v) is 11.1. The molecule has 0 radical (unpaired) electrons. The van der Waals surface area contributed by atoms with Crippen molar-refractivity contribution >= 4 is 23.8 Å². The first-order chi connectivity index (χ1) is 17.0. The Balaban J connectivity index is 3.60. The third-order valence-electron chi connectivity index (χ3n) is 5.45. The summed E-state index contributed by atoms with van der Waals surface area (Å²) in [6.07, 6.45) is -0.00364. The molecule has 10 heteroatoms. The van der Waals surface area contributed by atoms with Crippen LogP contribution in [0.1, 0.15) is 86.3 Å². The normalized spacial score (nSPS) is 14.0. The Labute approximate surface area is 220 Å². The fourth-order valence-electron chi connectivity index (χ4n) is 3.80. The van der Waals surface area contributed by atoms with E-state index in [0.717, 1.165) is 6.42 Å². The van der Waals surface area contributed by atoms with Crippen molar-refractivity contribution in [3.63, 3.8) is 0 Å². The van der Waals surface area contributed by atoms with Crippen LogP contribution in [0.2, 0.25) is 0 Å². The number of nitrogens with zero attached hydrogens (tertiary/aromatic N) is 1. The van der Waals surface area contributed by atoms with E-state index in [0.29, 0.717) is 17.9 Å². The van der Waals surface area contributed by atoms with Gasteiger partial charge in [-0.25, -0.2) is 4.79 Å². The van der Waals surface area contributed by atoms with Gasteiger partial charge < -0.3 is 31.1 Å². The molecule has 0 aliphatic rings. The van der Waals surface area contributed by atoms with E-state index >= 15 is 0 Å². The lowest BCUT2D eigenvalue weighted by molar-refractivity contribution is -0.146. The molecule has 0 bridgehead atoms. The van der Waals surface area contributed by atoms with Crippen LogP contribution in [0.3, 0.4) is 0 Å². The third-order valence-corrected chi connectivity index (χ3v) is 5.45. The minimum Gasteiger partial charge on any atom is -0.508 e. The molecule has 0 saturated carbocycles. The van der Waals surface area contributed by atoms with Gasteiger partial charge in [-0.05, 0) is 78.0 Å². The zero-order valence-electron chi connectivity index (χ0n) is 23.3. The standard InChI is InChI=1S/C27H44N4O6/c1-16(2)9-10-18(5)31(23(24(34)29-17(3)4)19-11-13-20(32)14-12-19)25(35)21(15-22(28)33)30-26(36)37-27(6,7)8/h11-14,16-18,21,23,32H,9-10,15H2,1-8H3,(H2,28,33)(H,29,34)(H,30,36). The molecular formula is C27H44N4O6. The highest BCUT2D eigenvalue weighted by Gasteiger charge is 2.39. The van der Waals surface area contributed by atoms with Crippen molar-refractivity contribution in [3.8, 4) is 5.75 Å². The molecule has 0 spiro atoms. The Morgan fingerprint density at radius 1 is 0.973 bits per heavy atom. The topological polar surface area (TPSA) is 151 Å². The highest BCUT2D eigenvalue weighted by molar-refractivity contribution is 5.94. The number of hydrogen-bond donors (Lipinski definition) is 4. The van der Waals surface area contributed by atoms with Gasteiger partial charge >= 0.3 is 6.09 Å². The third kappa shape index (κ3) is 11.1. The summed E-state index contributed by atoms with van der Waals surface area (Å²) >= 11 is 0. The van der Waals surface area contributed by atoms with Crippen LogP contribution in [0.4, 0.5) is 4.79 Å². The van der Waals surface area contributed by atoms with Gasteiger partial charge in [0, 0.05) is 12.1 Å². The lowest BCUT2D eigenvalue weighted by Gasteiger charge is -2.39. The number of amides is 4. The zero-order chi connectivity index (χ0) is 28.5. The predicted molar refractivity (Wildman–Crippen MR) is 141 cm³/mol. The lowest BCUT2D eigenvalue weighted by Crippen LogP contribution is -2.56. The van der Waals surface area contributed by atoms with Gasteiger partial charge in [-0.3, -0.25) is 14.4 Å². The highest BCUT2D eigenvalue weighted by atomic mass is 16.6. The monoisotopic (exact) mass is 520 g/mol. The first kappa shape index (κ1) is 31.7. The number of phenolic OH excluding ortho intramolecular Hbond substituents is 1. The summed E-state index contributed by atoms with van der Waals surface area (Å²) in [6, 6.07) is 2.92. The minimum atomic E-state index is -1.35. The molecule has 4 amide bonds. The van der Waals surface area contributed by atoms with Crippen molar-refractivity contribution in [2.45, 2.75) is 104 Å². The van der Waals surface area contributed by atoms with Crippen LogP contribution in [0, 0.1) is 5.92 Å². The number of phenols is 1. The number of primary amides is 1. The first-order valence-electron chi connectivity index (χ1n) is 12.7. The summed E-state index contributed by atoms with van der Waals surface area (Å²) < 4.78 is 5.30. The van der Waals surface area contributed by atoms with Crippen molar-refractivity contribution in [2.75, 3.05) is 0 Å². The van der Waals surface area contributed by atoms with Crippen LogP contribution in [0.15, 0.2) is 24.3 Å². The summed E-state index contributed by atoms with van der Waals surface area (Å²) in [5.41, 5.74) is 5.06. The summed E-state index contributed by atoms with van der Waals surface area (Å²) in [7, 11) is 0. The fraction of sp³-hybridized carbons (Fsp3) is 0.630. The number of ether oxygens (including phenoxy) is 1. The second-order valence-electron chi connectivity index (χ2n) is 11.1. The molecule has 0 aliphatic heterocycles. The van der Waals surface area contributed by atoms with E-state index in [1.54, 1.807) is 46.8 Å². The Kier molecular flexibility index (Phi) is 11.9. The van der Waals surface area contributed by atoms with Gasteiger partial charge in [0.1, 0.15) is 23.4 Å². The van der Waals surface area contributed by atoms with Crippen molar-refractivity contribution in [2.24, 2.45) is 11.7 Å². The lowest BCUT2D eigenvalue weighted by atomic mass is 9.96. The number of alkyl carbamates (subject to hydrolysis) is 1. The molecule has 208 valence electrons. The average molecular weight is 521 g/mol. The van der Waals surface area contributed by atoms with Crippen molar-refractivity contribution in [3.05, 3.63) is 29.8 Å². The maximum Gasteiger partial charge on any atom is 0.408 e. The molecule has 1 aromatic rings.